The second kappa shape index (κ2) is 7.23. The van der Waals surface area contributed by atoms with E-state index in [2.05, 4.69) is 30.5 Å². The van der Waals surface area contributed by atoms with E-state index in [4.69, 9.17) is 5.73 Å². The van der Waals surface area contributed by atoms with Gasteiger partial charge in [-0.3, -0.25) is 0 Å². The van der Waals surface area contributed by atoms with Gasteiger partial charge in [0.1, 0.15) is 4.21 Å². The Hall–Kier alpha value is -0.630. The summed E-state index contributed by atoms with van der Waals surface area (Å²) in [6, 6.07) is 2.00. The summed E-state index contributed by atoms with van der Waals surface area (Å²) in [4.78, 5) is 2.24. The molecule has 0 atom stereocenters. The molecule has 0 aliphatic heterocycles. The van der Waals surface area contributed by atoms with Crippen molar-refractivity contribution in [3.05, 3.63) is 11.4 Å². The summed E-state index contributed by atoms with van der Waals surface area (Å²) in [6.07, 6.45) is 1.81. The number of thiophene rings is 1. The fourth-order valence-corrected chi connectivity index (χ4v) is 3.69. The fraction of sp³-hybridized carbons (Fsp3) is 0.667. The maximum atomic E-state index is 11.9. The zero-order valence-electron chi connectivity index (χ0n) is 11.7. The number of nitrogens with one attached hydrogen (secondary N) is 1. The summed E-state index contributed by atoms with van der Waals surface area (Å²) in [6.45, 7) is 5.73. The van der Waals surface area contributed by atoms with Gasteiger partial charge >= 0.3 is 0 Å². The Kier molecular flexibility index (Phi) is 6.25. The van der Waals surface area contributed by atoms with Gasteiger partial charge in [0.05, 0.1) is 0 Å². The van der Waals surface area contributed by atoms with Gasteiger partial charge in [-0.2, -0.15) is 0 Å². The smallest absolute Gasteiger partial charge is 0.250 e. The van der Waals surface area contributed by atoms with Gasteiger partial charge in [0, 0.05) is 23.7 Å². The summed E-state index contributed by atoms with van der Waals surface area (Å²) in [5.41, 5.74) is 6.02. The molecule has 0 saturated heterocycles. The molecule has 0 unspecified atom stereocenters. The van der Waals surface area contributed by atoms with Gasteiger partial charge in [-0.25, -0.2) is 13.1 Å². The van der Waals surface area contributed by atoms with Crippen molar-refractivity contribution < 1.29 is 8.42 Å². The molecule has 19 heavy (non-hydrogen) atoms. The zero-order chi connectivity index (χ0) is 14.5. The van der Waals surface area contributed by atoms with Crippen molar-refractivity contribution in [2.75, 3.05) is 25.9 Å². The van der Waals surface area contributed by atoms with Gasteiger partial charge < -0.3 is 10.6 Å². The van der Waals surface area contributed by atoms with Crippen molar-refractivity contribution in [3.8, 4) is 0 Å². The van der Waals surface area contributed by atoms with Crippen LogP contribution in [0.25, 0.3) is 0 Å². The molecule has 1 aromatic rings. The third kappa shape index (κ3) is 5.48. The molecular formula is C12H23N3O2S2. The van der Waals surface area contributed by atoms with Crippen LogP contribution in [0.2, 0.25) is 0 Å². The van der Waals surface area contributed by atoms with Crippen LogP contribution in [0.4, 0.5) is 5.69 Å². The van der Waals surface area contributed by atoms with E-state index in [9.17, 15) is 8.42 Å². The molecule has 0 bridgehead atoms. The maximum Gasteiger partial charge on any atom is 0.250 e. The minimum atomic E-state index is -3.38. The van der Waals surface area contributed by atoms with Crippen molar-refractivity contribution in [2.24, 2.45) is 0 Å². The van der Waals surface area contributed by atoms with Crippen LogP contribution in [-0.4, -0.2) is 39.5 Å². The van der Waals surface area contributed by atoms with Crippen LogP contribution in [0.3, 0.4) is 0 Å². The first-order chi connectivity index (χ1) is 8.83. The van der Waals surface area contributed by atoms with E-state index in [1.54, 1.807) is 5.38 Å². The molecule has 0 aliphatic rings. The first-order valence-electron chi connectivity index (χ1n) is 6.37. The number of nitrogens with two attached hydrogens (primary N) is 1. The molecule has 0 radical (unpaired) electrons. The van der Waals surface area contributed by atoms with E-state index < -0.39 is 10.0 Å². The summed E-state index contributed by atoms with van der Waals surface area (Å²) in [7, 11) is -1.31. The molecule has 0 spiro atoms. The molecule has 0 amide bonds. The minimum Gasteiger partial charge on any atom is -0.398 e. The van der Waals surface area contributed by atoms with Crippen molar-refractivity contribution in [2.45, 2.75) is 36.9 Å². The Labute approximate surface area is 119 Å². The highest BCUT2D eigenvalue weighted by Crippen LogP contribution is 2.21. The van der Waals surface area contributed by atoms with E-state index >= 15 is 0 Å². The van der Waals surface area contributed by atoms with Gasteiger partial charge in [-0.15, -0.1) is 11.3 Å². The highest BCUT2D eigenvalue weighted by molar-refractivity contribution is 7.91. The lowest BCUT2D eigenvalue weighted by molar-refractivity contribution is 0.268. The Morgan fingerprint density at radius 3 is 2.63 bits per heavy atom. The Balaban J connectivity index is 2.29. The van der Waals surface area contributed by atoms with E-state index in [1.165, 1.54) is 6.07 Å². The van der Waals surface area contributed by atoms with Gasteiger partial charge in [0.15, 0.2) is 0 Å². The zero-order valence-corrected chi connectivity index (χ0v) is 13.4. The molecule has 0 saturated carbocycles. The number of anilines is 1. The number of hydrogen-bond donors (Lipinski definition) is 2. The maximum absolute atomic E-state index is 11.9. The van der Waals surface area contributed by atoms with E-state index in [-0.39, 0.29) is 4.21 Å². The first kappa shape index (κ1) is 16.4. The second-order valence-electron chi connectivity index (χ2n) is 4.88. The van der Waals surface area contributed by atoms with Crippen molar-refractivity contribution in [3.63, 3.8) is 0 Å². The van der Waals surface area contributed by atoms with Gasteiger partial charge in [-0.1, -0.05) is 0 Å². The lowest BCUT2D eigenvalue weighted by Crippen LogP contribution is -2.28. The van der Waals surface area contributed by atoms with Crippen LogP contribution >= 0.6 is 11.3 Å². The van der Waals surface area contributed by atoms with Crippen molar-refractivity contribution >= 4 is 27.0 Å². The lowest BCUT2D eigenvalue weighted by Gasteiger charge is -2.20. The van der Waals surface area contributed by atoms with Crippen LogP contribution in [0.1, 0.15) is 26.7 Å². The van der Waals surface area contributed by atoms with Crippen molar-refractivity contribution in [1.82, 2.24) is 9.62 Å². The molecule has 5 nitrogen and oxygen atoms in total. The van der Waals surface area contributed by atoms with E-state index in [1.807, 2.05) is 0 Å². The SMILES string of the molecule is CC(C)N(C)CCCCNS(=O)(=O)c1cc(N)cs1. The molecule has 1 aromatic heterocycles. The monoisotopic (exact) mass is 305 g/mol. The van der Waals surface area contributed by atoms with Crippen molar-refractivity contribution in [1.29, 1.82) is 0 Å². The van der Waals surface area contributed by atoms with Crippen LogP contribution < -0.4 is 10.5 Å². The van der Waals surface area contributed by atoms with Gasteiger partial charge in [-0.05, 0) is 46.3 Å². The van der Waals surface area contributed by atoms with Gasteiger partial charge in [0.2, 0.25) is 10.0 Å². The largest absolute Gasteiger partial charge is 0.398 e. The quantitative estimate of drug-likeness (QED) is 0.717. The number of nitrogen functional groups attached to an aromatic ring is 1. The Morgan fingerprint density at radius 2 is 2.11 bits per heavy atom. The average molecular weight is 305 g/mol. The normalized spacial score (nSPS) is 12.5. The predicted octanol–water partition coefficient (Wildman–Crippen LogP) is 1.73. The van der Waals surface area contributed by atoms with Crippen LogP contribution in [0, 0.1) is 0 Å². The highest BCUT2D eigenvalue weighted by Gasteiger charge is 2.15. The summed E-state index contributed by atoms with van der Waals surface area (Å²) >= 11 is 1.15. The second-order valence-corrected chi connectivity index (χ2v) is 7.78. The molecule has 0 fully saturated rings. The van der Waals surface area contributed by atoms with E-state index in [0.29, 0.717) is 18.3 Å². The molecule has 7 heteroatoms. The summed E-state index contributed by atoms with van der Waals surface area (Å²) in [5, 5.41) is 1.63. The standard InChI is InChI=1S/C12H23N3O2S2/c1-10(2)15(3)7-5-4-6-14-19(16,17)12-8-11(13)9-18-12/h8-10,14H,4-7,13H2,1-3H3. The number of sulfonamides is 1. The Bertz CT molecular complexity index is 483. The van der Waals surface area contributed by atoms with Crippen LogP contribution in [-0.2, 0) is 10.0 Å². The van der Waals surface area contributed by atoms with Gasteiger partial charge in [0.25, 0.3) is 0 Å². The molecule has 110 valence electrons. The molecule has 0 aromatic carbocycles. The molecule has 3 N–H and O–H groups in total. The molecule has 1 rings (SSSR count). The number of unbranched alkanes of at least 4 members (excludes halogenated alkanes) is 1. The van der Waals surface area contributed by atoms with Crippen LogP contribution in [0.15, 0.2) is 15.7 Å². The fourth-order valence-electron chi connectivity index (χ4n) is 1.49. The minimum absolute atomic E-state index is 0.282. The number of nitrogens with zero attached hydrogens (tertiary/aromatic N) is 1. The van der Waals surface area contributed by atoms with E-state index in [0.717, 1.165) is 30.7 Å². The molecule has 0 aliphatic carbocycles. The summed E-state index contributed by atoms with van der Waals surface area (Å²) in [5.74, 6) is 0. The Morgan fingerprint density at radius 1 is 1.42 bits per heavy atom. The van der Waals surface area contributed by atoms with Crippen LogP contribution in [0.5, 0.6) is 0 Å². The predicted molar refractivity (Wildman–Crippen MR) is 80.9 cm³/mol. The first-order valence-corrected chi connectivity index (χ1v) is 8.73. The third-order valence-corrected chi connectivity index (χ3v) is 5.89. The third-order valence-electron chi connectivity index (χ3n) is 2.97. The number of hydrogen-bond acceptors (Lipinski definition) is 5. The molecule has 1 heterocycles. The lowest BCUT2D eigenvalue weighted by atomic mass is 10.2. The summed E-state index contributed by atoms with van der Waals surface area (Å²) < 4.78 is 26.7. The number of rotatable bonds is 8. The topological polar surface area (TPSA) is 75.4 Å². The molecular weight excluding hydrogens is 282 g/mol. The highest BCUT2D eigenvalue weighted by atomic mass is 32.2. The average Bonchev–Trinajstić information content (AvgIpc) is 2.75.